The Morgan fingerprint density at radius 3 is 2.47 bits per heavy atom. The maximum atomic E-state index is 13.3. The molecule has 0 aromatic heterocycles. The van der Waals surface area contributed by atoms with Gasteiger partial charge in [0.05, 0.1) is 6.61 Å². The van der Waals surface area contributed by atoms with Crippen LogP contribution in [0.2, 0.25) is 0 Å². The largest absolute Gasteiger partial charge is 0.465 e. The Morgan fingerprint density at radius 2 is 1.95 bits per heavy atom. The second kappa shape index (κ2) is 7.02. The number of rotatable bonds is 6. The molecule has 0 aliphatic rings. The van der Waals surface area contributed by atoms with Crippen LogP contribution in [0.5, 0.6) is 0 Å². The summed E-state index contributed by atoms with van der Waals surface area (Å²) in [4.78, 5) is 24.1. The Hall–Kier alpha value is -1.71. The third-order valence-electron chi connectivity index (χ3n) is 2.79. The quantitative estimate of drug-likeness (QED) is 0.451. The molecule has 4 heteroatoms. The monoisotopic (exact) mass is 266 g/mol. The Kier molecular flexibility index (Phi) is 5.67. The third kappa shape index (κ3) is 4.16. The minimum Gasteiger partial charge on any atom is -0.465 e. The first-order valence-electron chi connectivity index (χ1n) is 6.47. The van der Waals surface area contributed by atoms with Crippen LogP contribution in [-0.4, -0.2) is 18.4 Å². The molecule has 0 fully saturated rings. The van der Waals surface area contributed by atoms with Crippen molar-refractivity contribution in [3.63, 3.8) is 0 Å². The molecule has 1 atom stereocenters. The van der Waals surface area contributed by atoms with Crippen molar-refractivity contribution in [3.05, 3.63) is 35.1 Å². The maximum Gasteiger partial charge on any atom is 0.316 e. The summed E-state index contributed by atoms with van der Waals surface area (Å²) >= 11 is 0. The number of esters is 1. The predicted molar refractivity (Wildman–Crippen MR) is 70.5 cm³/mol. The fourth-order valence-electron chi connectivity index (χ4n) is 1.97. The normalized spacial score (nSPS) is 12.0. The summed E-state index contributed by atoms with van der Waals surface area (Å²) in [6.45, 7) is 5.52. The highest BCUT2D eigenvalue weighted by molar-refractivity contribution is 6.08. The van der Waals surface area contributed by atoms with Gasteiger partial charge in [0, 0.05) is 5.56 Å². The number of benzene rings is 1. The molecule has 0 aliphatic carbocycles. The molecule has 1 aromatic carbocycles. The summed E-state index contributed by atoms with van der Waals surface area (Å²) < 4.78 is 18.2. The lowest BCUT2D eigenvalue weighted by molar-refractivity contribution is -0.146. The number of Topliss-reactive ketones (excluding diaryl/α,β-unsaturated/α-hetero) is 1. The van der Waals surface area contributed by atoms with Crippen molar-refractivity contribution in [2.24, 2.45) is 5.92 Å². The molecule has 19 heavy (non-hydrogen) atoms. The molecule has 3 nitrogen and oxygen atoms in total. The zero-order chi connectivity index (χ0) is 14.4. The Labute approximate surface area is 112 Å². The fraction of sp³-hybridized carbons (Fsp3) is 0.467. The van der Waals surface area contributed by atoms with Crippen LogP contribution in [0.25, 0.3) is 0 Å². The van der Waals surface area contributed by atoms with Gasteiger partial charge in [-0.2, -0.15) is 0 Å². The van der Waals surface area contributed by atoms with Gasteiger partial charge in [-0.3, -0.25) is 9.59 Å². The van der Waals surface area contributed by atoms with E-state index < -0.39 is 17.7 Å². The van der Waals surface area contributed by atoms with Crippen LogP contribution in [0, 0.1) is 18.7 Å². The molecule has 0 heterocycles. The van der Waals surface area contributed by atoms with E-state index in [4.69, 9.17) is 4.74 Å². The summed E-state index contributed by atoms with van der Waals surface area (Å²) in [5.41, 5.74) is 0.881. The minimum atomic E-state index is -0.842. The number of carbonyl (C=O) groups is 2. The molecular weight excluding hydrogens is 247 g/mol. The molecule has 1 aromatic rings. The van der Waals surface area contributed by atoms with Crippen LogP contribution in [0.3, 0.4) is 0 Å². The van der Waals surface area contributed by atoms with Crippen molar-refractivity contribution in [1.29, 1.82) is 0 Å². The van der Waals surface area contributed by atoms with Gasteiger partial charge in [0.25, 0.3) is 0 Å². The van der Waals surface area contributed by atoms with E-state index in [1.54, 1.807) is 19.9 Å². The Bertz CT molecular complexity index is 448. The molecule has 0 spiro atoms. The van der Waals surface area contributed by atoms with E-state index in [0.717, 1.165) is 6.07 Å². The van der Waals surface area contributed by atoms with Crippen LogP contribution in [-0.2, 0) is 9.53 Å². The van der Waals surface area contributed by atoms with Gasteiger partial charge < -0.3 is 4.74 Å². The van der Waals surface area contributed by atoms with Gasteiger partial charge in [0.2, 0.25) is 0 Å². The second-order valence-corrected chi connectivity index (χ2v) is 4.47. The summed E-state index contributed by atoms with van der Waals surface area (Å²) in [7, 11) is 0. The molecular formula is C15H19FO3. The van der Waals surface area contributed by atoms with E-state index in [0.29, 0.717) is 18.4 Å². The standard InChI is InChI=1S/C15H19FO3/c1-4-6-13(15(18)19-5-2)14(17)11-7-10(3)8-12(16)9-11/h7-9,13H,4-6H2,1-3H3. The molecule has 1 unspecified atom stereocenters. The van der Waals surface area contributed by atoms with Crippen molar-refractivity contribution in [2.75, 3.05) is 6.61 Å². The van der Waals surface area contributed by atoms with Gasteiger partial charge in [0.1, 0.15) is 11.7 Å². The molecule has 0 amide bonds. The van der Waals surface area contributed by atoms with Crippen molar-refractivity contribution in [1.82, 2.24) is 0 Å². The molecule has 0 saturated heterocycles. The van der Waals surface area contributed by atoms with Crippen molar-refractivity contribution in [2.45, 2.75) is 33.6 Å². The summed E-state index contributed by atoms with van der Waals surface area (Å²) in [5.74, 6) is -2.22. The van der Waals surface area contributed by atoms with Gasteiger partial charge in [0.15, 0.2) is 5.78 Å². The minimum absolute atomic E-state index is 0.226. The zero-order valence-electron chi connectivity index (χ0n) is 11.5. The Morgan fingerprint density at radius 1 is 1.26 bits per heavy atom. The predicted octanol–water partition coefficient (Wildman–Crippen LogP) is 3.30. The Balaban J connectivity index is 3.01. The number of hydrogen-bond donors (Lipinski definition) is 0. The molecule has 0 N–H and O–H groups in total. The molecule has 0 bridgehead atoms. The lowest BCUT2D eigenvalue weighted by Gasteiger charge is -2.14. The zero-order valence-corrected chi connectivity index (χ0v) is 11.5. The van der Waals surface area contributed by atoms with Crippen LogP contribution in [0.1, 0.15) is 42.6 Å². The number of hydrogen-bond acceptors (Lipinski definition) is 3. The van der Waals surface area contributed by atoms with E-state index in [1.165, 1.54) is 6.07 Å². The molecule has 1 rings (SSSR count). The highest BCUT2D eigenvalue weighted by Crippen LogP contribution is 2.18. The number of halogens is 1. The van der Waals surface area contributed by atoms with Gasteiger partial charge in [-0.15, -0.1) is 0 Å². The SMILES string of the molecule is CCCC(C(=O)OCC)C(=O)c1cc(C)cc(F)c1. The average molecular weight is 266 g/mol. The number of ketones is 1. The smallest absolute Gasteiger partial charge is 0.316 e. The van der Waals surface area contributed by atoms with Crippen LogP contribution >= 0.6 is 0 Å². The molecule has 0 radical (unpaired) electrons. The van der Waals surface area contributed by atoms with Gasteiger partial charge in [-0.05, 0) is 44.0 Å². The molecule has 104 valence electrons. The highest BCUT2D eigenvalue weighted by Gasteiger charge is 2.28. The van der Waals surface area contributed by atoms with Gasteiger partial charge in [-0.25, -0.2) is 4.39 Å². The number of ether oxygens (including phenoxy) is 1. The first-order valence-corrected chi connectivity index (χ1v) is 6.47. The van der Waals surface area contributed by atoms with Crippen molar-refractivity contribution < 1.29 is 18.7 Å². The van der Waals surface area contributed by atoms with E-state index >= 15 is 0 Å². The van der Waals surface area contributed by atoms with E-state index in [-0.39, 0.29) is 18.0 Å². The van der Waals surface area contributed by atoms with Crippen molar-refractivity contribution >= 4 is 11.8 Å². The van der Waals surface area contributed by atoms with Crippen LogP contribution in [0.4, 0.5) is 4.39 Å². The van der Waals surface area contributed by atoms with Crippen LogP contribution in [0.15, 0.2) is 18.2 Å². The number of carbonyl (C=O) groups excluding carboxylic acids is 2. The van der Waals surface area contributed by atoms with E-state index in [9.17, 15) is 14.0 Å². The third-order valence-corrected chi connectivity index (χ3v) is 2.79. The average Bonchev–Trinajstić information content (AvgIpc) is 2.34. The lowest BCUT2D eigenvalue weighted by atomic mass is 9.93. The summed E-state index contributed by atoms with van der Waals surface area (Å²) in [6, 6.07) is 4.10. The van der Waals surface area contributed by atoms with Gasteiger partial charge >= 0.3 is 5.97 Å². The lowest BCUT2D eigenvalue weighted by Crippen LogP contribution is -2.26. The molecule has 0 saturated carbocycles. The van der Waals surface area contributed by atoms with E-state index in [2.05, 4.69) is 0 Å². The topological polar surface area (TPSA) is 43.4 Å². The fourth-order valence-corrected chi connectivity index (χ4v) is 1.97. The summed E-state index contributed by atoms with van der Waals surface area (Å²) in [6.07, 6.45) is 1.09. The van der Waals surface area contributed by atoms with Crippen LogP contribution < -0.4 is 0 Å². The number of aryl methyl sites for hydroxylation is 1. The second-order valence-electron chi connectivity index (χ2n) is 4.47. The first-order chi connectivity index (χ1) is 8.99. The van der Waals surface area contributed by atoms with Crippen molar-refractivity contribution in [3.8, 4) is 0 Å². The van der Waals surface area contributed by atoms with Gasteiger partial charge in [-0.1, -0.05) is 13.3 Å². The summed E-state index contributed by atoms with van der Waals surface area (Å²) in [5, 5.41) is 0. The maximum absolute atomic E-state index is 13.3. The highest BCUT2D eigenvalue weighted by atomic mass is 19.1. The van der Waals surface area contributed by atoms with E-state index in [1.807, 2.05) is 6.92 Å². The first kappa shape index (κ1) is 15.3. The molecule has 0 aliphatic heterocycles.